The summed E-state index contributed by atoms with van der Waals surface area (Å²) in [6, 6.07) is 3.70. The highest BCUT2D eigenvalue weighted by Gasteiger charge is 2.67. The second kappa shape index (κ2) is 3.95. The van der Waals surface area contributed by atoms with Crippen molar-refractivity contribution in [2.24, 2.45) is 11.3 Å². The number of carbonyl (C=O) groups excluding carboxylic acids is 1. The van der Waals surface area contributed by atoms with E-state index in [2.05, 4.69) is 33.8 Å². The highest BCUT2D eigenvalue weighted by Crippen LogP contribution is 2.68. The number of hydrogen-bond acceptors (Lipinski definition) is 3. The lowest BCUT2D eigenvalue weighted by Crippen LogP contribution is -2.56. The molecule has 2 aliphatic carbocycles. The van der Waals surface area contributed by atoms with Gasteiger partial charge in [-0.25, -0.2) is 0 Å². The van der Waals surface area contributed by atoms with Crippen LogP contribution in [0.5, 0.6) is 11.5 Å². The molecule has 22 heavy (non-hydrogen) atoms. The molecule has 4 rings (SSSR count). The van der Waals surface area contributed by atoms with E-state index in [4.69, 9.17) is 4.74 Å². The van der Waals surface area contributed by atoms with Crippen LogP contribution in [-0.4, -0.2) is 17.0 Å². The summed E-state index contributed by atoms with van der Waals surface area (Å²) in [5.41, 5.74) is 1.80. The molecule has 4 unspecified atom stereocenters. The quantitative estimate of drug-likeness (QED) is 0.860. The zero-order valence-electron chi connectivity index (χ0n) is 13.5. The minimum atomic E-state index is -0.503. The largest absolute Gasteiger partial charge is 0.504 e. The Labute approximate surface area is 131 Å². The van der Waals surface area contributed by atoms with E-state index in [1.807, 2.05) is 6.07 Å². The van der Waals surface area contributed by atoms with Gasteiger partial charge in [-0.1, -0.05) is 39.8 Å². The van der Waals surface area contributed by atoms with Crippen molar-refractivity contribution in [2.75, 3.05) is 0 Å². The number of aromatic hydroxyl groups is 1. The molecule has 0 bridgehead atoms. The fourth-order valence-corrected chi connectivity index (χ4v) is 5.00. The predicted octanol–water partition coefficient (Wildman–Crippen LogP) is 3.70. The standard InChI is InChI=1S/C19H22O3/c1-10(2)18(4)8-7-14(21)17-19(18)9-11(3)12-5-6-13(20)16(22-17)15(12)19/h5-8,10-11,17,20H,9H2,1-4H3. The van der Waals surface area contributed by atoms with Gasteiger partial charge in [0.25, 0.3) is 0 Å². The minimum Gasteiger partial charge on any atom is -0.504 e. The third-order valence-electron chi connectivity index (χ3n) is 6.47. The molecule has 0 aromatic heterocycles. The molecule has 0 saturated heterocycles. The van der Waals surface area contributed by atoms with Gasteiger partial charge < -0.3 is 9.84 Å². The molecular formula is C19H22O3. The first-order valence-corrected chi connectivity index (χ1v) is 8.09. The summed E-state index contributed by atoms with van der Waals surface area (Å²) >= 11 is 0. The lowest BCUT2D eigenvalue weighted by Gasteiger charge is -2.50. The lowest BCUT2D eigenvalue weighted by atomic mass is 9.52. The van der Waals surface area contributed by atoms with Crippen LogP contribution in [0.15, 0.2) is 24.3 Å². The fourth-order valence-electron chi connectivity index (χ4n) is 5.00. The lowest BCUT2D eigenvalue weighted by molar-refractivity contribution is -0.127. The van der Waals surface area contributed by atoms with Crippen molar-refractivity contribution in [1.29, 1.82) is 0 Å². The number of phenolic OH excluding ortho intramolecular Hbond substituents is 1. The highest BCUT2D eigenvalue weighted by atomic mass is 16.5. The van der Waals surface area contributed by atoms with E-state index in [9.17, 15) is 9.90 Å². The van der Waals surface area contributed by atoms with Crippen LogP contribution in [0.4, 0.5) is 0 Å². The van der Waals surface area contributed by atoms with Crippen LogP contribution >= 0.6 is 0 Å². The Morgan fingerprint density at radius 2 is 2.09 bits per heavy atom. The summed E-state index contributed by atoms with van der Waals surface area (Å²) in [5, 5.41) is 10.3. The molecule has 0 radical (unpaired) electrons. The van der Waals surface area contributed by atoms with Crippen LogP contribution in [-0.2, 0) is 10.2 Å². The Hall–Kier alpha value is -1.77. The van der Waals surface area contributed by atoms with Crippen molar-refractivity contribution < 1.29 is 14.6 Å². The Morgan fingerprint density at radius 3 is 2.77 bits per heavy atom. The smallest absolute Gasteiger partial charge is 0.196 e. The molecule has 1 N–H and O–H groups in total. The van der Waals surface area contributed by atoms with Crippen molar-refractivity contribution in [3.05, 3.63) is 35.4 Å². The molecule has 0 saturated carbocycles. The number of rotatable bonds is 1. The minimum absolute atomic E-state index is 0.0220. The number of phenols is 1. The Balaban J connectivity index is 2.09. The van der Waals surface area contributed by atoms with E-state index >= 15 is 0 Å². The van der Waals surface area contributed by atoms with Gasteiger partial charge in [0.2, 0.25) is 0 Å². The summed E-state index contributed by atoms with van der Waals surface area (Å²) in [5.74, 6) is 1.46. The second-order valence-corrected chi connectivity index (χ2v) is 7.63. The topological polar surface area (TPSA) is 46.5 Å². The molecular weight excluding hydrogens is 276 g/mol. The molecule has 0 amide bonds. The second-order valence-electron chi connectivity index (χ2n) is 7.63. The van der Waals surface area contributed by atoms with Gasteiger partial charge in [0.1, 0.15) is 0 Å². The monoisotopic (exact) mass is 298 g/mol. The fraction of sp³-hybridized carbons (Fsp3) is 0.526. The maximum atomic E-state index is 12.6. The van der Waals surface area contributed by atoms with Gasteiger partial charge in [0.15, 0.2) is 23.4 Å². The Bertz CT molecular complexity index is 718. The Morgan fingerprint density at radius 1 is 1.36 bits per heavy atom. The molecule has 1 aromatic rings. The van der Waals surface area contributed by atoms with Gasteiger partial charge in [-0.3, -0.25) is 4.79 Å². The molecule has 1 aliphatic heterocycles. The van der Waals surface area contributed by atoms with Crippen LogP contribution in [0.1, 0.15) is 51.2 Å². The zero-order chi connectivity index (χ0) is 15.9. The summed E-state index contributed by atoms with van der Waals surface area (Å²) in [7, 11) is 0. The van der Waals surface area contributed by atoms with E-state index in [0.29, 0.717) is 17.6 Å². The summed E-state index contributed by atoms with van der Waals surface area (Å²) in [6.45, 7) is 8.85. The molecule has 1 spiro atoms. The number of hydrogen-bond donors (Lipinski definition) is 1. The summed E-state index contributed by atoms with van der Waals surface area (Å²) in [6.07, 6.45) is 4.16. The maximum Gasteiger partial charge on any atom is 0.196 e. The SMILES string of the molecule is CC1CC23c4c1ccc(O)c4OC2C(=O)C=CC3(C)C(C)C. The van der Waals surface area contributed by atoms with Crippen molar-refractivity contribution in [1.82, 2.24) is 0 Å². The van der Waals surface area contributed by atoms with E-state index in [-0.39, 0.29) is 22.4 Å². The Kier molecular flexibility index (Phi) is 2.49. The zero-order valence-corrected chi connectivity index (χ0v) is 13.5. The first-order valence-electron chi connectivity index (χ1n) is 8.09. The maximum absolute atomic E-state index is 12.6. The molecule has 3 nitrogen and oxygen atoms in total. The van der Waals surface area contributed by atoms with Gasteiger partial charge in [-0.15, -0.1) is 0 Å². The van der Waals surface area contributed by atoms with Crippen LogP contribution in [0.25, 0.3) is 0 Å². The number of ketones is 1. The highest BCUT2D eigenvalue weighted by molar-refractivity contribution is 5.98. The van der Waals surface area contributed by atoms with E-state index in [0.717, 1.165) is 12.0 Å². The van der Waals surface area contributed by atoms with Crippen LogP contribution < -0.4 is 4.74 Å². The van der Waals surface area contributed by atoms with Gasteiger partial charge in [0.05, 0.1) is 5.41 Å². The first kappa shape index (κ1) is 13.9. The molecule has 1 aromatic carbocycles. The number of benzene rings is 1. The van der Waals surface area contributed by atoms with Crippen LogP contribution in [0.3, 0.4) is 0 Å². The van der Waals surface area contributed by atoms with Gasteiger partial charge in [0, 0.05) is 11.0 Å². The van der Waals surface area contributed by atoms with Crippen molar-refractivity contribution in [2.45, 2.75) is 51.6 Å². The van der Waals surface area contributed by atoms with Gasteiger partial charge >= 0.3 is 0 Å². The van der Waals surface area contributed by atoms with E-state index in [1.165, 1.54) is 5.56 Å². The van der Waals surface area contributed by atoms with Crippen molar-refractivity contribution in [3.63, 3.8) is 0 Å². The average Bonchev–Trinajstić information content (AvgIpc) is 2.95. The molecule has 1 heterocycles. The third-order valence-corrected chi connectivity index (χ3v) is 6.47. The molecule has 116 valence electrons. The molecule has 0 fully saturated rings. The van der Waals surface area contributed by atoms with Gasteiger partial charge in [-0.05, 0) is 36.0 Å². The normalized spacial score (nSPS) is 38.1. The third kappa shape index (κ3) is 1.27. The first-order chi connectivity index (χ1) is 10.3. The number of ether oxygens (including phenoxy) is 1. The van der Waals surface area contributed by atoms with Crippen molar-refractivity contribution in [3.8, 4) is 11.5 Å². The summed E-state index contributed by atoms with van der Waals surface area (Å²) in [4.78, 5) is 12.6. The van der Waals surface area contributed by atoms with Crippen LogP contribution in [0, 0.1) is 11.3 Å². The summed E-state index contributed by atoms with van der Waals surface area (Å²) < 4.78 is 6.03. The molecule has 4 atom stereocenters. The molecule has 3 aliphatic rings. The average molecular weight is 298 g/mol. The number of allylic oxidation sites excluding steroid dienone is 1. The molecule has 3 heteroatoms. The van der Waals surface area contributed by atoms with Crippen molar-refractivity contribution >= 4 is 5.78 Å². The van der Waals surface area contributed by atoms with E-state index in [1.54, 1.807) is 12.1 Å². The van der Waals surface area contributed by atoms with Crippen LogP contribution in [0.2, 0.25) is 0 Å². The number of carbonyl (C=O) groups is 1. The van der Waals surface area contributed by atoms with E-state index < -0.39 is 6.10 Å². The van der Waals surface area contributed by atoms with Gasteiger partial charge in [-0.2, -0.15) is 0 Å². The predicted molar refractivity (Wildman–Crippen MR) is 84.3 cm³/mol.